The third-order valence-corrected chi connectivity index (χ3v) is 12.1. The normalized spacial score (nSPS) is 28.3. The molecule has 0 radical (unpaired) electrons. The van der Waals surface area contributed by atoms with Gasteiger partial charge in [-0.25, -0.2) is 9.59 Å². The van der Waals surface area contributed by atoms with E-state index in [9.17, 15) is 14.7 Å². The molecule has 3 aromatic carbocycles. The number of unbranched alkanes of at least 4 members (excludes halogenated alkanes) is 1. The number of nitrogens with one attached hydrogen (secondary N) is 1. The lowest BCUT2D eigenvalue weighted by Crippen LogP contribution is -2.69. The van der Waals surface area contributed by atoms with Crippen LogP contribution >= 0.6 is 0 Å². The first-order valence-corrected chi connectivity index (χ1v) is 18.5. The van der Waals surface area contributed by atoms with Gasteiger partial charge in [0.1, 0.15) is 18.8 Å². The van der Waals surface area contributed by atoms with Crippen LogP contribution in [0.3, 0.4) is 0 Å². The molecule has 7 atom stereocenters. The molecule has 3 fully saturated rings. The van der Waals surface area contributed by atoms with Gasteiger partial charge in [0.2, 0.25) is 0 Å². The number of carbonyl (C=O) groups is 2. The predicted octanol–water partition coefficient (Wildman–Crippen LogP) is 6.90. The number of methoxy groups -OCH3 is 1. The molecule has 3 aliphatic carbocycles. The molecule has 1 amide bonds. The Hall–Kier alpha value is -3.92. The number of hydrogen-bond donors (Lipinski definition) is 2. The van der Waals surface area contributed by atoms with Gasteiger partial charge in [0, 0.05) is 42.3 Å². The Bertz CT molecular complexity index is 1710. The van der Waals surface area contributed by atoms with Crippen LogP contribution in [0.15, 0.2) is 66.7 Å². The van der Waals surface area contributed by atoms with Gasteiger partial charge in [0.25, 0.3) is 0 Å². The van der Waals surface area contributed by atoms with E-state index < -0.39 is 18.2 Å². The number of aliphatic hydroxyl groups excluding tert-OH is 1. The van der Waals surface area contributed by atoms with E-state index in [2.05, 4.69) is 23.2 Å². The maximum Gasteiger partial charge on any atom is 0.417 e. The van der Waals surface area contributed by atoms with Crippen molar-refractivity contribution in [1.82, 2.24) is 4.90 Å². The Morgan fingerprint density at radius 1 is 1.08 bits per heavy atom. The fourth-order valence-corrected chi connectivity index (χ4v) is 9.57. The third kappa shape index (κ3) is 5.97. The number of carbonyl (C=O) groups excluding carboxylic acids is 2. The molecule has 9 nitrogen and oxygen atoms in total. The van der Waals surface area contributed by atoms with Gasteiger partial charge in [-0.15, -0.1) is 0 Å². The van der Waals surface area contributed by atoms with Crippen molar-refractivity contribution < 1.29 is 33.6 Å². The molecule has 9 heteroatoms. The zero-order chi connectivity index (χ0) is 34.4. The number of benzene rings is 3. The van der Waals surface area contributed by atoms with Crippen LogP contribution in [0.5, 0.6) is 11.5 Å². The molecule has 2 bridgehead atoms. The van der Waals surface area contributed by atoms with E-state index in [-0.39, 0.29) is 30.1 Å². The summed E-state index contributed by atoms with van der Waals surface area (Å²) in [4.78, 5) is 28.6. The van der Waals surface area contributed by atoms with Crippen LogP contribution in [-0.2, 0) is 27.9 Å². The van der Waals surface area contributed by atoms with Crippen molar-refractivity contribution in [2.45, 2.75) is 94.7 Å². The largest absolute Gasteiger partial charge is 0.483 e. The predicted molar refractivity (Wildman–Crippen MR) is 189 cm³/mol. The van der Waals surface area contributed by atoms with Crippen LogP contribution < -0.4 is 14.8 Å². The molecule has 3 aromatic rings. The van der Waals surface area contributed by atoms with Crippen LogP contribution in [0, 0.1) is 17.8 Å². The maximum absolute atomic E-state index is 13.3. The zero-order valence-electron chi connectivity index (χ0n) is 29.0. The lowest BCUT2D eigenvalue weighted by molar-refractivity contribution is -0.162. The van der Waals surface area contributed by atoms with Gasteiger partial charge in [-0.2, -0.15) is 0 Å². The summed E-state index contributed by atoms with van der Waals surface area (Å²) in [5.41, 5.74) is 3.99. The average molecular weight is 681 g/mol. The molecule has 2 aliphatic heterocycles. The molecule has 0 aromatic heterocycles. The maximum atomic E-state index is 13.3. The monoisotopic (exact) mass is 680 g/mol. The highest BCUT2D eigenvalue weighted by Gasteiger charge is 2.68. The van der Waals surface area contributed by atoms with E-state index in [1.165, 1.54) is 24.0 Å². The number of ether oxygens (including phenoxy) is 4. The summed E-state index contributed by atoms with van der Waals surface area (Å²) in [6.45, 7) is 4.51. The van der Waals surface area contributed by atoms with Crippen molar-refractivity contribution in [3.63, 3.8) is 0 Å². The minimum absolute atomic E-state index is 0.0276. The lowest BCUT2D eigenvalue weighted by Gasteiger charge is -2.61. The molecular formula is C41H48N2O7. The average Bonchev–Trinajstić information content (AvgIpc) is 3.89. The second-order valence-electron chi connectivity index (χ2n) is 15.0. The molecule has 1 unspecified atom stereocenters. The Balaban J connectivity index is 1.02. The van der Waals surface area contributed by atoms with Gasteiger partial charge in [-0.05, 0) is 98.4 Å². The van der Waals surface area contributed by atoms with E-state index in [4.69, 9.17) is 18.9 Å². The highest BCUT2D eigenvalue weighted by Crippen LogP contribution is 2.65. The lowest BCUT2D eigenvalue weighted by atomic mass is 9.49. The fraction of sp³-hybridized carbons (Fsp3) is 0.512. The van der Waals surface area contributed by atoms with Crippen molar-refractivity contribution in [2.75, 3.05) is 25.5 Å². The Morgan fingerprint density at radius 3 is 2.62 bits per heavy atom. The first kappa shape index (κ1) is 33.2. The number of nitrogens with zero attached hydrogens (tertiary/aromatic N) is 1. The standard InChI is InChI=1S/C41H48N2O7/c1-3-4-10-33(44)30-22-31-32-21-28-15-18-34(37-35(28)41(31,38(50-37)36(30)47-2)19-20-43(32)23-25-11-12-25)49-40(46)42-29-16-13-27(14-17-29)39(45)48-24-26-8-6-5-7-9-26/h5-9,13-18,25,30-33,36,38,44H,3-4,10-12,19-24H2,1-2H3,(H,42,46)/t30-,31?,32-,33+,36+,38+,41+/m0/s1. The summed E-state index contributed by atoms with van der Waals surface area (Å²) >= 11 is 0. The van der Waals surface area contributed by atoms with Crippen LogP contribution in [0.2, 0.25) is 0 Å². The van der Waals surface area contributed by atoms with E-state index in [1.54, 1.807) is 31.4 Å². The number of aliphatic hydroxyl groups is 1. The van der Waals surface area contributed by atoms with Crippen LogP contribution in [0.1, 0.15) is 78.9 Å². The van der Waals surface area contributed by atoms with E-state index in [0.29, 0.717) is 34.7 Å². The SMILES string of the molecule is CCCC[C@@H](O)[C@@H]1CC2[C@@H]3Cc4ccc(OC(=O)Nc5ccc(C(=O)OCc6ccccc6)cc5)c5c4[C@]2(CCN3CC2CC2)[C@H](O5)[C@@H]1OC. The van der Waals surface area contributed by atoms with Gasteiger partial charge in [-0.3, -0.25) is 10.2 Å². The Morgan fingerprint density at radius 2 is 1.88 bits per heavy atom. The molecule has 2 saturated carbocycles. The van der Waals surface area contributed by atoms with Gasteiger partial charge in [0.15, 0.2) is 11.5 Å². The third-order valence-electron chi connectivity index (χ3n) is 12.1. The van der Waals surface area contributed by atoms with E-state index in [0.717, 1.165) is 63.1 Å². The number of likely N-dealkylation sites (tertiary alicyclic amines) is 1. The van der Waals surface area contributed by atoms with Crippen LogP contribution in [0.4, 0.5) is 10.5 Å². The summed E-state index contributed by atoms with van der Waals surface area (Å²) in [6.07, 6.45) is 6.56. The quantitative estimate of drug-likeness (QED) is 0.199. The first-order valence-electron chi connectivity index (χ1n) is 18.5. The number of piperidine rings is 1. The van der Waals surface area contributed by atoms with Crippen molar-refractivity contribution in [3.8, 4) is 11.5 Å². The van der Waals surface area contributed by atoms with Crippen molar-refractivity contribution in [1.29, 1.82) is 0 Å². The number of esters is 1. The minimum Gasteiger partial charge on any atom is -0.483 e. The number of rotatable bonds is 12. The van der Waals surface area contributed by atoms with Gasteiger partial charge in [-0.1, -0.05) is 56.2 Å². The number of amides is 1. The second-order valence-corrected chi connectivity index (χ2v) is 15.0. The van der Waals surface area contributed by atoms with Crippen LogP contribution in [0.25, 0.3) is 0 Å². The topological polar surface area (TPSA) is 107 Å². The fourth-order valence-electron chi connectivity index (χ4n) is 9.57. The van der Waals surface area contributed by atoms with Gasteiger partial charge >= 0.3 is 12.1 Å². The molecule has 1 spiro atoms. The molecule has 264 valence electrons. The first-order chi connectivity index (χ1) is 24.4. The molecule has 8 rings (SSSR count). The smallest absolute Gasteiger partial charge is 0.417 e. The van der Waals surface area contributed by atoms with Gasteiger partial charge in [0.05, 0.1) is 11.7 Å². The highest BCUT2D eigenvalue weighted by molar-refractivity contribution is 5.91. The summed E-state index contributed by atoms with van der Waals surface area (Å²) in [5.74, 6) is 1.69. The molecule has 2 N–H and O–H groups in total. The van der Waals surface area contributed by atoms with Crippen molar-refractivity contribution in [3.05, 3.63) is 89.0 Å². The summed E-state index contributed by atoms with van der Waals surface area (Å²) < 4.78 is 24.7. The molecular weight excluding hydrogens is 632 g/mol. The molecule has 1 saturated heterocycles. The summed E-state index contributed by atoms with van der Waals surface area (Å²) in [5, 5.41) is 14.3. The van der Waals surface area contributed by atoms with Crippen LogP contribution in [-0.4, -0.2) is 66.6 Å². The Labute approximate surface area is 294 Å². The number of hydrogen-bond acceptors (Lipinski definition) is 8. The van der Waals surface area contributed by atoms with E-state index >= 15 is 0 Å². The Kier molecular flexibility index (Phi) is 9.08. The van der Waals surface area contributed by atoms with Crippen molar-refractivity contribution in [2.24, 2.45) is 17.8 Å². The van der Waals surface area contributed by atoms with Crippen molar-refractivity contribution >= 4 is 17.7 Å². The second kappa shape index (κ2) is 13.7. The molecule has 50 heavy (non-hydrogen) atoms. The molecule has 2 heterocycles. The zero-order valence-corrected chi connectivity index (χ0v) is 29.0. The summed E-state index contributed by atoms with van der Waals surface area (Å²) in [7, 11) is 1.75. The molecule has 5 aliphatic rings. The highest BCUT2D eigenvalue weighted by atomic mass is 16.6. The summed E-state index contributed by atoms with van der Waals surface area (Å²) in [6, 6.07) is 20.5. The van der Waals surface area contributed by atoms with E-state index in [1.807, 2.05) is 36.4 Å². The minimum atomic E-state index is -0.641. The number of anilines is 1. The van der Waals surface area contributed by atoms with Gasteiger partial charge < -0.3 is 24.1 Å².